The highest BCUT2D eigenvalue weighted by molar-refractivity contribution is 6.35. The third-order valence-electron chi connectivity index (χ3n) is 3.19. The second-order valence-electron chi connectivity index (χ2n) is 4.96. The molecule has 2 N–H and O–H groups in total. The van der Waals surface area contributed by atoms with E-state index in [0.717, 1.165) is 5.56 Å². The van der Waals surface area contributed by atoms with Crippen LogP contribution in [0, 0.1) is 11.3 Å². The third-order valence-corrected chi connectivity index (χ3v) is 3.75. The van der Waals surface area contributed by atoms with Crippen LogP contribution < -0.4 is 15.4 Å². The van der Waals surface area contributed by atoms with E-state index in [4.69, 9.17) is 33.2 Å². The maximum absolute atomic E-state index is 12.1. The van der Waals surface area contributed by atoms with Crippen LogP contribution in [0.5, 0.6) is 5.75 Å². The quantitative estimate of drug-likeness (QED) is 0.802. The average molecular weight is 364 g/mol. The molecule has 0 aliphatic carbocycles. The van der Waals surface area contributed by atoms with Crippen molar-refractivity contribution >= 4 is 34.9 Å². The summed E-state index contributed by atoms with van der Waals surface area (Å²) in [5.41, 5.74) is 1.38. The molecule has 5 nitrogen and oxygen atoms in total. The first-order chi connectivity index (χ1) is 11.5. The van der Waals surface area contributed by atoms with Crippen molar-refractivity contribution in [3.05, 3.63) is 58.1 Å². The van der Waals surface area contributed by atoms with Crippen LogP contribution in [0.15, 0.2) is 42.5 Å². The number of carbonyl (C=O) groups excluding carboxylic acids is 1. The lowest BCUT2D eigenvalue weighted by Crippen LogP contribution is -2.31. The fourth-order valence-electron chi connectivity index (χ4n) is 2.04. The van der Waals surface area contributed by atoms with Crippen LogP contribution in [-0.4, -0.2) is 12.6 Å². The number of halogens is 2. The number of rotatable bonds is 5. The van der Waals surface area contributed by atoms with Crippen molar-refractivity contribution in [2.24, 2.45) is 0 Å². The molecule has 124 valence electrons. The highest BCUT2D eigenvalue weighted by Gasteiger charge is 2.13. The van der Waals surface area contributed by atoms with E-state index < -0.39 is 0 Å². The number of benzene rings is 2. The largest absolute Gasteiger partial charge is 0.479 e. The van der Waals surface area contributed by atoms with Gasteiger partial charge in [0.2, 0.25) is 0 Å². The number of anilines is 1. The molecule has 2 rings (SSSR count). The topological polar surface area (TPSA) is 74.2 Å². The van der Waals surface area contributed by atoms with E-state index in [2.05, 4.69) is 10.6 Å². The van der Waals surface area contributed by atoms with Crippen LogP contribution in [0.2, 0.25) is 10.0 Å². The van der Waals surface area contributed by atoms with Crippen molar-refractivity contribution in [2.75, 3.05) is 11.9 Å². The van der Waals surface area contributed by atoms with Crippen LogP contribution in [-0.2, 0) is 0 Å². The summed E-state index contributed by atoms with van der Waals surface area (Å²) in [5.74, 6) is 0.559. The summed E-state index contributed by atoms with van der Waals surface area (Å²) in [4.78, 5) is 12.1. The highest BCUT2D eigenvalue weighted by atomic mass is 35.5. The Hall–Kier alpha value is -2.42. The first kappa shape index (κ1) is 17.9. The zero-order chi connectivity index (χ0) is 17.5. The molecule has 2 aromatic carbocycles. The van der Waals surface area contributed by atoms with E-state index in [1.807, 2.05) is 13.0 Å². The summed E-state index contributed by atoms with van der Waals surface area (Å²) < 4.78 is 5.15. The molecule has 0 saturated heterocycles. The second-order valence-corrected chi connectivity index (χ2v) is 5.80. The third kappa shape index (κ3) is 5.05. The molecule has 0 bridgehead atoms. The van der Waals surface area contributed by atoms with Crippen molar-refractivity contribution < 1.29 is 9.53 Å². The Bertz CT molecular complexity index is 757. The molecule has 0 aliphatic rings. The maximum atomic E-state index is 12.1. The number of amides is 2. The number of carbonyl (C=O) groups is 1. The van der Waals surface area contributed by atoms with Crippen LogP contribution in [0.1, 0.15) is 18.5 Å². The molecule has 2 amide bonds. The summed E-state index contributed by atoms with van der Waals surface area (Å²) >= 11 is 12.0. The van der Waals surface area contributed by atoms with Crippen molar-refractivity contribution in [3.63, 3.8) is 0 Å². The monoisotopic (exact) mass is 363 g/mol. The normalized spacial score (nSPS) is 11.2. The number of hydrogen-bond donors (Lipinski definition) is 2. The Labute approximate surface area is 150 Å². The number of hydrogen-bond acceptors (Lipinski definition) is 3. The number of nitrogens with one attached hydrogen (secondary N) is 2. The number of ether oxygens (including phenoxy) is 1. The van der Waals surface area contributed by atoms with Gasteiger partial charge in [-0.3, -0.25) is 0 Å². The minimum atomic E-state index is -0.362. The number of nitrogens with zero attached hydrogens (tertiary/aromatic N) is 1. The Morgan fingerprint density at radius 1 is 1.25 bits per heavy atom. The molecule has 0 radical (unpaired) electrons. The maximum Gasteiger partial charge on any atom is 0.319 e. The lowest BCUT2D eigenvalue weighted by atomic mass is 10.1. The summed E-state index contributed by atoms with van der Waals surface area (Å²) in [6, 6.07) is 13.1. The molecule has 1 atom stereocenters. The molecule has 0 heterocycles. The highest BCUT2D eigenvalue weighted by Crippen LogP contribution is 2.26. The number of nitriles is 1. The van der Waals surface area contributed by atoms with Crippen LogP contribution in [0.3, 0.4) is 0 Å². The molecular formula is C17H15Cl2N3O2. The van der Waals surface area contributed by atoms with Gasteiger partial charge in [0, 0.05) is 15.7 Å². The van der Waals surface area contributed by atoms with Gasteiger partial charge in [0.25, 0.3) is 0 Å². The first-order valence-corrected chi connectivity index (χ1v) is 7.87. The van der Waals surface area contributed by atoms with Crippen molar-refractivity contribution in [1.29, 1.82) is 5.26 Å². The first-order valence-electron chi connectivity index (χ1n) is 7.12. The van der Waals surface area contributed by atoms with Gasteiger partial charge in [0.15, 0.2) is 6.61 Å². The smallest absolute Gasteiger partial charge is 0.319 e. The SMILES string of the molecule is CC(NC(=O)Nc1ccc(OCC#N)cc1)c1ccc(Cl)cc1Cl. The molecular weight excluding hydrogens is 349 g/mol. The zero-order valence-electron chi connectivity index (χ0n) is 12.8. The molecule has 24 heavy (non-hydrogen) atoms. The standard InChI is InChI=1S/C17H15Cl2N3O2/c1-11(15-7-2-12(18)10-16(15)19)21-17(23)22-13-3-5-14(6-4-13)24-9-8-20/h2-7,10-11H,9H2,1H3,(H2,21,22,23). The van der Waals surface area contributed by atoms with Gasteiger partial charge < -0.3 is 15.4 Å². The van der Waals surface area contributed by atoms with Crippen LogP contribution in [0.4, 0.5) is 10.5 Å². The molecule has 0 aromatic heterocycles. The van der Waals surface area contributed by atoms with Gasteiger partial charge in [0.1, 0.15) is 11.8 Å². The second kappa shape index (κ2) is 8.44. The van der Waals surface area contributed by atoms with Gasteiger partial charge in [0.05, 0.1) is 6.04 Å². The summed E-state index contributed by atoms with van der Waals surface area (Å²) in [7, 11) is 0. The molecule has 1 unspecified atom stereocenters. The summed E-state index contributed by atoms with van der Waals surface area (Å²) in [5, 5.41) is 15.0. The van der Waals surface area contributed by atoms with Gasteiger partial charge in [-0.2, -0.15) is 5.26 Å². The Morgan fingerprint density at radius 3 is 2.58 bits per heavy atom. The van der Waals surface area contributed by atoms with Crippen LogP contribution >= 0.6 is 23.2 Å². The minimum Gasteiger partial charge on any atom is -0.479 e. The van der Waals surface area contributed by atoms with Crippen LogP contribution in [0.25, 0.3) is 0 Å². The van der Waals surface area contributed by atoms with Crippen molar-refractivity contribution in [2.45, 2.75) is 13.0 Å². The van der Waals surface area contributed by atoms with Gasteiger partial charge in [-0.1, -0.05) is 29.3 Å². The van der Waals surface area contributed by atoms with E-state index >= 15 is 0 Å². The Morgan fingerprint density at radius 2 is 1.96 bits per heavy atom. The lowest BCUT2D eigenvalue weighted by molar-refractivity contribution is 0.249. The minimum absolute atomic E-state index is 0.0212. The van der Waals surface area contributed by atoms with Gasteiger partial charge in [-0.15, -0.1) is 0 Å². The van der Waals surface area contributed by atoms with Gasteiger partial charge in [-0.25, -0.2) is 4.79 Å². The number of urea groups is 1. The van der Waals surface area contributed by atoms with E-state index in [1.165, 1.54) is 0 Å². The van der Waals surface area contributed by atoms with Crippen molar-refractivity contribution in [3.8, 4) is 11.8 Å². The Balaban J connectivity index is 1.94. The zero-order valence-corrected chi connectivity index (χ0v) is 14.4. The average Bonchev–Trinajstić information content (AvgIpc) is 2.54. The fourth-order valence-corrected chi connectivity index (χ4v) is 2.62. The fraction of sp³-hybridized carbons (Fsp3) is 0.176. The molecule has 7 heteroatoms. The Kier molecular flexibility index (Phi) is 6.30. The lowest BCUT2D eigenvalue weighted by Gasteiger charge is -2.16. The van der Waals surface area contributed by atoms with E-state index in [9.17, 15) is 4.79 Å². The molecule has 2 aromatic rings. The molecule has 0 saturated carbocycles. The predicted octanol–water partition coefficient (Wildman–Crippen LogP) is 4.78. The molecule has 0 spiro atoms. The molecule has 0 aliphatic heterocycles. The summed E-state index contributed by atoms with van der Waals surface area (Å²) in [6.45, 7) is 1.81. The van der Waals surface area contributed by atoms with E-state index in [-0.39, 0.29) is 18.7 Å². The summed E-state index contributed by atoms with van der Waals surface area (Å²) in [6.07, 6.45) is 0. The predicted molar refractivity (Wildman–Crippen MR) is 94.6 cm³/mol. The van der Waals surface area contributed by atoms with Gasteiger partial charge in [-0.05, 0) is 48.9 Å². The van der Waals surface area contributed by atoms with E-state index in [0.29, 0.717) is 21.5 Å². The molecule has 0 fully saturated rings. The van der Waals surface area contributed by atoms with Gasteiger partial charge >= 0.3 is 6.03 Å². The van der Waals surface area contributed by atoms with Crippen molar-refractivity contribution in [1.82, 2.24) is 5.32 Å². The van der Waals surface area contributed by atoms with E-state index in [1.54, 1.807) is 42.5 Å².